The number of hydrogen-bond acceptors (Lipinski definition) is 3. The third kappa shape index (κ3) is 6.05. The first-order valence-electron chi connectivity index (χ1n) is 8.80. The first-order valence-corrected chi connectivity index (χ1v) is 8.80. The van der Waals surface area contributed by atoms with Crippen molar-refractivity contribution in [1.82, 2.24) is 15.1 Å². The highest BCUT2D eigenvalue weighted by molar-refractivity contribution is 14.0. The molecule has 2 fully saturated rings. The highest BCUT2D eigenvalue weighted by Gasteiger charge is 2.26. The summed E-state index contributed by atoms with van der Waals surface area (Å²) in [5.74, 6) is 2.56. The summed E-state index contributed by atoms with van der Waals surface area (Å²) in [6.45, 7) is 15.1. The Bertz CT molecular complexity index is 370. The molecule has 0 aliphatic carbocycles. The molecule has 136 valence electrons. The van der Waals surface area contributed by atoms with Crippen LogP contribution in [0.25, 0.3) is 0 Å². The van der Waals surface area contributed by atoms with Crippen LogP contribution in [0.1, 0.15) is 34.1 Å². The quantitative estimate of drug-likeness (QED) is 0.417. The Morgan fingerprint density at radius 3 is 2.48 bits per heavy atom. The van der Waals surface area contributed by atoms with Crippen molar-refractivity contribution >= 4 is 29.9 Å². The zero-order valence-corrected chi connectivity index (χ0v) is 17.7. The molecule has 0 bridgehead atoms. The van der Waals surface area contributed by atoms with Gasteiger partial charge in [0.2, 0.25) is 0 Å². The predicted molar refractivity (Wildman–Crippen MR) is 108 cm³/mol. The van der Waals surface area contributed by atoms with E-state index >= 15 is 0 Å². The van der Waals surface area contributed by atoms with Gasteiger partial charge in [-0.1, -0.05) is 13.8 Å². The van der Waals surface area contributed by atoms with Gasteiger partial charge in [-0.25, -0.2) is 0 Å². The number of nitrogens with zero attached hydrogens (tertiary/aromatic N) is 3. The number of aliphatic imine (C=N–C) groups is 1. The van der Waals surface area contributed by atoms with Crippen molar-refractivity contribution in [3.63, 3.8) is 0 Å². The van der Waals surface area contributed by atoms with E-state index in [0.29, 0.717) is 12.1 Å². The minimum atomic E-state index is 0. The van der Waals surface area contributed by atoms with E-state index in [9.17, 15) is 0 Å². The van der Waals surface area contributed by atoms with Gasteiger partial charge >= 0.3 is 0 Å². The van der Waals surface area contributed by atoms with Gasteiger partial charge in [-0.15, -0.1) is 24.0 Å². The van der Waals surface area contributed by atoms with E-state index < -0.39 is 0 Å². The van der Waals surface area contributed by atoms with Crippen LogP contribution in [0.15, 0.2) is 4.99 Å². The van der Waals surface area contributed by atoms with Gasteiger partial charge in [-0.3, -0.25) is 9.89 Å². The van der Waals surface area contributed by atoms with Crippen LogP contribution in [0.4, 0.5) is 0 Å². The molecule has 6 heteroatoms. The summed E-state index contributed by atoms with van der Waals surface area (Å²) in [6, 6.07) is 0.998. The molecule has 4 atom stereocenters. The zero-order valence-electron chi connectivity index (χ0n) is 15.4. The number of morpholine rings is 1. The van der Waals surface area contributed by atoms with Crippen molar-refractivity contribution in [2.75, 3.05) is 46.4 Å². The van der Waals surface area contributed by atoms with Gasteiger partial charge in [0.1, 0.15) is 0 Å². The molecule has 2 aliphatic heterocycles. The number of rotatable bonds is 3. The maximum Gasteiger partial charge on any atom is 0.193 e. The fourth-order valence-electron chi connectivity index (χ4n) is 3.92. The normalized spacial score (nSPS) is 31.4. The number of likely N-dealkylation sites (tertiary alicyclic amines) is 1. The van der Waals surface area contributed by atoms with Crippen LogP contribution in [0.2, 0.25) is 0 Å². The predicted octanol–water partition coefficient (Wildman–Crippen LogP) is 2.27. The standard InChI is InChI=1S/C17H34N4O.HI/c1-13-8-14(2)11-20(10-13)17(18-5)19-9-15(3)21-6-7-22-12-16(21)4;/h13-16H,6-12H2,1-5H3,(H,18,19);1H. The molecule has 4 unspecified atom stereocenters. The van der Waals surface area contributed by atoms with E-state index in [1.54, 1.807) is 0 Å². The van der Waals surface area contributed by atoms with E-state index in [2.05, 4.69) is 47.8 Å². The third-order valence-corrected chi connectivity index (χ3v) is 4.92. The average Bonchev–Trinajstić information content (AvgIpc) is 2.47. The number of hydrogen-bond donors (Lipinski definition) is 1. The van der Waals surface area contributed by atoms with Crippen molar-refractivity contribution in [3.8, 4) is 0 Å². The van der Waals surface area contributed by atoms with Crippen LogP contribution in [-0.4, -0.2) is 74.3 Å². The Morgan fingerprint density at radius 2 is 1.91 bits per heavy atom. The maximum absolute atomic E-state index is 5.53. The Labute approximate surface area is 159 Å². The van der Waals surface area contributed by atoms with Crippen LogP contribution >= 0.6 is 24.0 Å². The minimum absolute atomic E-state index is 0. The Kier molecular flexibility index (Phi) is 9.15. The largest absolute Gasteiger partial charge is 0.379 e. The van der Waals surface area contributed by atoms with Crippen molar-refractivity contribution in [1.29, 1.82) is 0 Å². The summed E-state index contributed by atoms with van der Waals surface area (Å²) in [6.07, 6.45) is 1.33. The smallest absolute Gasteiger partial charge is 0.193 e. The topological polar surface area (TPSA) is 40.1 Å². The second-order valence-corrected chi connectivity index (χ2v) is 7.29. The number of ether oxygens (including phenoxy) is 1. The van der Waals surface area contributed by atoms with E-state index in [4.69, 9.17) is 4.74 Å². The molecule has 0 radical (unpaired) electrons. The van der Waals surface area contributed by atoms with Crippen molar-refractivity contribution in [2.45, 2.75) is 46.2 Å². The second kappa shape index (κ2) is 10.0. The van der Waals surface area contributed by atoms with Gasteiger partial charge in [-0.05, 0) is 32.1 Å². The molecule has 0 aromatic carbocycles. The summed E-state index contributed by atoms with van der Waals surface area (Å²) in [4.78, 5) is 9.46. The highest BCUT2D eigenvalue weighted by atomic mass is 127. The van der Waals surface area contributed by atoms with E-state index in [-0.39, 0.29) is 24.0 Å². The molecule has 5 nitrogen and oxygen atoms in total. The summed E-state index contributed by atoms with van der Waals surface area (Å²) >= 11 is 0. The molecule has 2 heterocycles. The van der Waals surface area contributed by atoms with Crippen LogP contribution in [-0.2, 0) is 4.74 Å². The van der Waals surface area contributed by atoms with Gasteiger partial charge in [0.25, 0.3) is 0 Å². The van der Waals surface area contributed by atoms with Crippen LogP contribution in [0.3, 0.4) is 0 Å². The van der Waals surface area contributed by atoms with Crippen molar-refractivity contribution in [2.24, 2.45) is 16.8 Å². The number of nitrogens with one attached hydrogen (secondary N) is 1. The second-order valence-electron chi connectivity index (χ2n) is 7.29. The number of halogens is 1. The molecule has 0 saturated carbocycles. The molecule has 0 spiro atoms. The third-order valence-electron chi connectivity index (χ3n) is 4.92. The SMILES string of the molecule is CN=C(NCC(C)N1CCOCC1C)N1CC(C)CC(C)C1.I. The molecule has 2 aliphatic rings. The molecule has 0 amide bonds. The molecule has 0 aromatic rings. The Hall–Kier alpha value is -0.0800. The molecular weight excluding hydrogens is 403 g/mol. The molecule has 0 aromatic heterocycles. The van der Waals surface area contributed by atoms with Gasteiger partial charge in [0, 0.05) is 45.3 Å². The molecule has 2 rings (SSSR count). The Balaban J connectivity index is 0.00000264. The van der Waals surface area contributed by atoms with Gasteiger partial charge in [0.15, 0.2) is 5.96 Å². The van der Waals surface area contributed by atoms with Crippen LogP contribution < -0.4 is 5.32 Å². The van der Waals surface area contributed by atoms with Gasteiger partial charge < -0.3 is 15.0 Å². The monoisotopic (exact) mass is 438 g/mol. The number of guanidine groups is 1. The number of piperidine rings is 1. The van der Waals surface area contributed by atoms with Crippen molar-refractivity contribution < 1.29 is 4.74 Å². The molecular formula is C17H35IN4O. The van der Waals surface area contributed by atoms with Crippen LogP contribution in [0, 0.1) is 11.8 Å². The summed E-state index contributed by atoms with van der Waals surface area (Å²) in [5, 5.41) is 3.59. The first-order chi connectivity index (χ1) is 10.5. The van der Waals surface area contributed by atoms with E-state index in [1.807, 2.05) is 7.05 Å². The van der Waals surface area contributed by atoms with Gasteiger partial charge in [0.05, 0.1) is 13.2 Å². The maximum atomic E-state index is 5.53. The lowest BCUT2D eigenvalue weighted by Gasteiger charge is -2.40. The summed E-state index contributed by atoms with van der Waals surface area (Å²) < 4.78 is 5.53. The summed E-state index contributed by atoms with van der Waals surface area (Å²) in [5.41, 5.74) is 0. The van der Waals surface area contributed by atoms with E-state index in [0.717, 1.165) is 57.2 Å². The molecule has 1 N–H and O–H groups in total. The van der Waals surface area contributed by atoms with Crippen LogP contribution in [0.5, 0.6) is 0 Å². The molecule has 23 heavy (non-hydrogen) atoms. The minimum Gasteiger partial charge on any atom is -0.379 e. The summed E-state index contributed by atoms with van der Waals surface area (Å²) in [7, 11) is 1.90. The van der Waals surface area contributed by atoms with Crippen molar-refractivity contribution in [3.05, 3.63) is 0 Å². The first kappa shape index (κ1) is 21.0. The molecule has 2 saturated heterocycles. The van der Waals surface area contributed by atoms with Gasteiger partial charge in [-0.2, -0.15) is 0 Å². The lowest BCUT2D eigenvalue weighted by atomic mass is 9.92. The lowest BCUT2D eigenvalue weighted by Crippen LogP contribution is -2.54. The highest BCUT2D eigenvalue weighted by Crippen LogP contribution is 2.20. The van der Waals surface area contributed by atoms with E-state index in [1.165, 1.54) is 6.42 Å². The fourth-order valence-corrected chi connectivity index (χ4v) is 3.92. The average molecular weight is 438 g/mol. The Morgan fingerprint density at radius 1 is 1.26 bits per heavy atom. The zero-order chi connectivity index (χ0) is 16.1. The fraction of sp³-hybridized carbons (Fsp3) is 0.941. The lowest BCUT2D eigenvalue weighted by molar-refractivity contribution is -0.0175.